The van der Waals surface area contributed by atoms with Crippen LogP contribution in [0, 0.1) is 0 Å². The highest BCUT2D eigenvalue weighted by Gasteiger charge is 2.29. The fraction of sp³-hybridized carbons (Fsp3) is 0.421. The van der Waals surface area contributed by atoms with Crippen molar-refractivity contribution in [2.24, 2.45) is 7.05 Å². The average molecular weight is 706 g/mol. The molecule has 2 saturated heterocycles. The van der Waals surface area contributed by atoms with Crippen LogP contribution in [0.15, 0.2) is 55.0 Å². The number of hydrogen-bond donors (Lipinski definition) is 3. The molecule has 2 fully saturated rings. The van der Waals surface area contributed by atoms with Crippen LogP contribution in [0.3, 0.4) is 0 Å². The molecule has 3 aliphatic heterocycles. The Balaban J connectivity index is 0.853. The van der Waals surface area contributed by atoms with Crippen LogP contribution in [-0.4, -0.2) is 85.2 Å². The standard InChI is InChI=1S/C38H43N9O5/c1-44-31-20-26(7-10-29(31)36(43-44)46-17-13-34(48)42-37(46)49)25-11-15-45(16-12-25)14-3-2-5-24-19-32-35(39-23-40-47(32)22-24)27-8-9-28-30(41-38(50)51)6-4-18-52-33(28)21-27/h7-10,19-23,25,30,41H,2-6,11-18H2,1H3,(H,50,51)(H,42,48,49). The Morgan fingerprint density at radius 2 is 1.90 bits per heavy atom. The molecule has 3 aliphatic rings. The van der Waals surface area contributed by atoms with Crippen LogP contribution in [-0.2, 0) is 18.3 Å². The normalized spacial score (nSPS) is 18.6. The van der Waals surface area contributed by atoms with Crippen molar-refractivity contribution in [3.8, 4) is 17.0 Å². The molecule has 2 aromatic carbocycles. The molecule has 3 aromatic heterocycles. The van der Waals surface area contributed by atoms with E-state index >= 15 is 0 Å². The van der Waals surface area contributed by atoms with Gasteiger partial charge in [0, 0.05) is 42.7 Å². The number of aromatic nitrogens is 5. The zero-order valence-electron chi connectivity index (χ0n) is 29.3. The number of carbonyl (C=O) groups excluding carboxylic acids is 2. The first-order valence-electron chi connectivity index (χ1n) is 18.2. The number of nitrogens with zero attached hydrogens (tertiary/aromatic N) is 7. The topological polar surface area (TPSA) is 159 Å². The van der Waals surface area contributed by atoms with Crippen LogP contribution in [0.25, 0.3) is 27.7 Å². The minimum absolute atomic E-state index is 0.251. The minimum Gasteiger partial charge on any atom is -0.493 e. The van der Waals surface area contributed by atoms with Crippen molar-refractivity contribution in [1.29, 1.82) is 0 Å². The third-order valence-corrected chi connectivity index (χ3v) is 10.7. The molecule has 0 bridgehead atoms. The molecular weight excluding hydrogens is 662 g/mol. The van der Waals surface area contributed by atoms with E-state index in [-0.39, 0.29) is 18.4 Å². The van der Waals surface area contributed by atoms with Crippen molar-refractivity contribution < 1.29 is 24.2 Å². The van der Waals surface area contributed by atoms with Gasteiger partial charge in [-0.2, -0.15) is 10.2 Å². The molecule has 6 heterocycles. The summed E-state index contributed by atoms with van der Waals surface area (Å²) in [6.07, 6.45) is 9.70. The fourth-order valence-electron chi connectivity index (χ4n) is 7.99. The van der Waals surface area contributed by atoms with Crippen LogP contribution >= 0.6 is 0 Å². The van der Waals surface area contributed by atoms with E-state index in [1.54, 1.807) is 11.2 Å². The molecule has 0 spiro atoms. The number of ether oxygens (including phenoxy) is 1. The minimum atomic E-state index is -1.04. The number of carbonyl (C=O) groups is 3. The van der Waals surface area contributed by atoms with Gasteiger partial charge >= 0.3 is 12.1 Å². The summed E-state index contributed by atoms with van der Waals surface area (Å²) in [5, 5.41) is 24.4. The maximum Gasteiger partial charge on any atom is 0.405 e. The molecule has 52 heavy (non-hydrogen) atoms. The van der Waals surface area contributed by atoms with Crippen molar-refractivity contribution in [2.75, 3.05) is 37.7 Å². The van der Waals surface area contributed by atoms with Gasteiger partial charge in [-0.1, -0.05) is 18.2 Å². The van der Waals surface area contributed by atoms with Crippen molar-refractivity contribution >= 4 is 40.3 Å². The third kappa shape index (κ3) is 6.77. The predicted octanol–water partition coefficient (Wildman–Crippen LogP) is 5.41. The third-order valence-electron chi connectivity index (χ3n) is 10.7. The number of benzene rings is 2. The van der Waals surface area contributed by atoms with E-state index in [9.17, 15) is 19.5 Å². The number of unbranched alkanes of at least 4 members (excludes halogenated alkanes) is 1. The van der Waals surface area contributed by atoms with Crippen molar-refractivity contribution in [3.63, 3.8) is 0 Å². The summed E-state index contributed by atoms with van der Waals surface area (Å²) in [6.45, 7) is 4.07. The number of rotatable bonds is 9. The summed E-state index contributed by atoms with van der Waals surface area (Å²) >= 11 is 0. The molecule has 0 radical (unpaired) electrons. The van der Waals surface area contributed by atoms with Gasteiger partial charge in [-0.25, -0.2) is 19.1 Å². The number of piperidine rings is 1. The van der Waals surface area contributed by atoms with E-state index in [1.165, 1.54) is 11.1 Å². The number of amides is 4. The summed E-state index contributed by atoms with van der Waals surface area (Å²) in [7, 11) is 1.90. The lowest BCUT2D eigenvalue weighted by Crippen LogP contribution is -2.49. The first-order valence-corrected chi connectivity index (χ1v) is 18.2. The van der Waals surface area contributed by atoms with Gasteiger partial charge < -0.3 is 20.1 Å². The number of fused-ring (bicyclic) bond motifs is 3. The van der Waals surface area contributed by atoms with E-state index in [2.05, 4.69) is 61.2 Å². The molecule has 1 unspecified atom stereocenters. The lowest BCUT2D eigenvalue weighted by molar-refractivity contribution is -0.120. The maximum absolute atomic E-state index is 12.5. The Labute approximate surface area is 300 Å². The fourth-order valence-corrected chi connectivity index (χ4v) is 7.99. The second kappa shape index (κ2) is 14.3. The van der Waals surface area contributed by atoms with Gasteiger partial charge in [-0.3, -0.25) is 19.7 Å². The van der Waals surface area contributed by atoms with E-state index in [0.717, 1.165) is 91.4 Å². The summed E-state index contributed by atoms with van der Waals surface area (Å²) in [4.78, 5) is 44.2. The Kier molecular flexibility index (Phi) is 9.22. The number of carboxylic acid groups (broad SMARTS) is 1. The second-order valence-corrected chi connectivity index (χ2v) is 14.1. The van der Waals surface area contributed by atoms with Gasteiger partial charge in [0.15, 0.2) is 5.82 Å². The molecule has 14 nitrogen and oxygen atoms in total. The lowest BCUT2D eigenvalue weighted by Gasteiger charge is -2.32. The molecule has 0 aliphatic carbocycles. The van der Waals surface area contributed by atoms with Crippen LogP contribution in [0.1, 0.15) is 73.6 Å². The van der Waals surface area contributed by atoms with Crippen LogP contribution < -0.4 is 20.3 Å². The van der Waals surface area contributed by atoms with Crippen molar-refractivity contribution in [2.45, 2.75) is 63.3 Å². The van der Waals surface area contributed by atoms with Gasteiger partial charge in [0.25, 0.3) is 0 Å². The molecule has 1 atom stereocenters. The van der Waals surface area contributed by atoms with E-state index < -0.39 is 12.1 Å². The van der Waals surface area contributed by atoms with Gasteiger partial charge in [0.1, 0.15) is 12.1 Å². The molecule has 270 valence electrons. The Hall–Kier alpha value is -5.50. The van der Waals surface area contributed by atoms with E-state index in [0.29, 0.717) is 37.1 Å². The lowest BCUT2D eigenvalue weighted by atomic mass is 9.89. The van der Waals surface area contributed by atoms with E-state index in [4.69, 9.17) is 4.74 Å². The number of nitrogens with one attached hydrogen (secondary N) is 2. The highest BCUT2D eigenvalue weighted by atomic mass is 16.5. The zero-order valence-corrected chi connectivity index (χ0v) is 29.3. The quantitative estimate of drug-likeness (QED) is 0.171. The first kappa shape index (κ1) is 33.6. The average Bonchev–Trinajstić information content (AvgIpc) is 3.64. The van der Waals surface area contributed by atoms with Crippen LogP contribution in [0.5, 0.6) is 5.75 Å². The Morgan fingerprint density at radius 1 is 1.04 bits per heavy atom. The largest absolute Gasteiger partial charge is 0.493 e. The predicted molar refractivity (Wildman–Crippen MR) is 195 cm³/mol. The van der Waals surface area contributed by atoms with Gasteiger partial charge in [-0.05, 0) is 106 Å². The highest BCUT2D eigenvalue weighted by molar-refractivity contribution is 6.08. The number of urea groups is 1. The molecular formula is C38H43N9O5. The highest BCUT2D eigenvalue weighted by Crippen LogP contribution is 2.37. The monoisotopic (exact) mass is 705 g/mol. The van der Waals surface area contributed by atoms with Gasteiger partial charge in [-0.15, -0.1) is 0 Å². The summed E-state index contributed by atoms with van der Waals surface area (Å²) in [5.74, 6) is 1.51. The summed E-state index contributed by atoms with van der Waals surface area (Å²) in [5.41, 5.74) is 7.03. The number of anilines is 1. The number of aryl methyl sites for hydroxylation is 2. The smallest absolute Gasteiger partial charge is 0.405 e. The van der Waals surface area contributed by atoms with Crippen molar-refractivity contribution in [3.05, 3.63) is 71.7 Å². The Bertz CT molecular complexity index is 2150. The molecule has 14 heteroatoms. The Morgan fingerprint density at radius 3 is 2.73 bits per heavy atom. The van der Waals surface area contributed by atoms with E-state index in [1.807, 2.05) is 34.4 Å². The second-order valence-electron chi connectivity index (χ2n) is 14.1. The number of imide groups is 1. The SMILES string of the molecule is Cn1nc(N2CCC(=O)NC2=O)c2ccc(C3CCN(CCCCc4cc5c(-c6ccc7c(c6)OCCCC7NC(=O)O)ncnn5c4)CC3)cc21. The van der Waals surface area contributed by atoms with Crippen LogP contribution in [0.2, 0.25) is 0 Å². The summed E-state index contributed by atoms with van der Waals surface area (Å²) < 4.78 is 9.74. The van der Waals surface area contributed by atoms with Crippen LogP contribution in [0.4, 0.5) is 15.4 Å². The number of likely N-dealkylation sites (tertiary alicyclic amines) is 1. The van der Waals surface area contributed by atoms with Crippen molar-refractivity contribution in [1.82, 2.24) is 39.9 Å². The first-order chi connectivity index (χ1) is 25.3. The molecule has 5 aromatic rings. The van der Waals surface area contributed by atoms with Gasteiger partial charge in [0.05, 0.1) is 29.4 Å². The molecule has 0 saturated carbocycles. The maximum atomic E-state index is 12.5. The number of hydrogen-bond acceptors (Lipinski definition) is 8. The molecule has 8 rings (SSSR count). The molecule has 3 N–H and O–H groups in total. The van der Waals surface area contributed by atoms with Gasteiger partial charge in [0.2, 0.25) is 5.91 Å². The zero-order chi connectivity index (χ0) is 35.8. The molecule has 4 amide bonds. The summed E-state index contributed by atoms with van der Waals surface area (Å²) in [6, 6.07) is 13.8.